The molecule has 148 valence electrons. The molecular weight excluding hydrogens is 344 g/mol. The summed E-state index contributed by atoms with van der Waals surface area (Å²) in [4.78, 5) is 22.2. The van der Waals surface area contributed by atoms with Crippen molar-refractivity contribution in [3.05, 3.63) is 29.8 Å². The molecule has 0 radical (unpaired) electrons. The van der Waals surface area contributed by atoms with Gasteiger partial charge in [-0.1, -0.05) is 37.8 Å². The van der Waals surface area contributed by atoms with Crippen LogP contribution in [0.1, 0.15) is 75.7 Å². The Hall–Kier alpha value is -2.04. The Kier molecular flexibility index (Phi) is 6.40. The molecular formula is C22H30O5. The van der Waals surface area contributed by atoms with Crippen molar-refractivity contribution in [3.8, 4) is 5.75 Å². The summed E-state index contributed by atoms with van der Waals surface area (Å²) in [6.07, 6.45) is 11.6. The minimum absolute atomic E-state index is 0.417. The molecule has 27 heavy (non-hydrogen) atoms. The quantitative estimate of drug-likeness (QED) is 0.713. The van der Waals surface area contributed by atoms with E-state index in [1.807, 2.05) is 0 Å². The van der Waals surface area contributed by atoms with E-state index in [4.69, 9.17) is 9.84 Å². The molecule has 1 spiro atoms. The van der Waals surface area contributed by atoms with Gasteiger partial charge in [-0.15, -0.1) is 0 Å². The van der Waals surface area contributed by atoms with Crippen molar-refractivity contribution in [2.45, 2.75) is 70.1 Å². The average Bonchev–Trinajstić information content (AvgIpc) is 2.65. The number of rotatable bonds is 7. The number of carbonyl (C=O) groups is 2. The lowest BCUT2D eigenvalue weighted by atomic mass is 9.63. The van der Waals surface area contributed by atoms with Gasteiger partial charge >= 0.3 is 11.9 Å². The predicted molar refractivity (Wildman–Crippen MR) is 102 cm³/mol. The first-order valence-electron chi connectivity index (χ1n) is 10.1. The Bertz CT molecular complexity index is 640. The fourth-order valence-electron chi connectivity index (χ4n) is 5.01. The molecule has 3 rings (SSSR count). The molecule has 0 aliphatic heterocycles. The molecule has 1 aromatic rings. The first-order chi connectivity index (χ1) is 13.0. The van der Waals surface area contributed by atoms with Gasteiger partial charge in [0.25, 0.3) is 0 Å². The van der Waals surface area contributed by atoms with Crippen molar-refractivity contribution in [1.29, 1.82) is 0 Å². The van der Waals surface area contributed by atoms with Gasteiger partial charge in [0, 0.05) is 0 Å². The second-order valence-corrected chi connectivity index (χ2v) is 8.39. The van der Waals surface area contributed by atoms with Crippen LogP contribution >= 0.6 is 0 Å². The predicted octanol–water partition coefficient (Wildman–Crippen LogP) is 4.85. The number of hydrogen-bond donors (Lipinski definition) is 2. The van der Waals surface area contributed by atoms with Crippen LogP contribution in [-0.2, 0) is 9.59 Å². The van der Waals surface area contributed by atoms with Crippen LogP contribution in [-0.4, -0.2) is 28.8 Å². The molecule has 1 aromatic carbocycles. The van der Waals surface area contributed by atoms with Crippen LogP contribution in [0.5, 0.6) is 5.75 Å². The molecule has 2 unspecified atom stereocenters. The van der Waals surface area contributed by atoms with Crippen LogP contribution < -0.4 is 4.74 Å². The molecule has 0 bridgehead atoms. The van der Waals surface area contributed by atoms with Gasteiger partial charge in [0.1, 0.15) is 5.75 Å². The van der Waals surface area contributed by atoms with Gasteiger partial charge in [-0.2, -0.15) is 0 Å². The second kappa shape index (κ2) is 8.77. The van der Waals surface area contributed by atoms with Gasteiger partial charge in [0.15, 0.2) is 0 Å². The minimum atomic E-state index is -1.12. The van der Waals surface area contributed by atoms with Crippen LogP contribution in [0.2, 0.25) is 0 Å². The van der Waals surface area contributed by atoms with Gasteiger partial charge in [-0.05, 0) is 61.1 Å². The molecule has 2 aliphatic rings. The number of ether oxygens (including phenoxy) is 1. The zero-order chi connectivity index (χ0) is 19.3. The minimum Gasteiger partial charge on any atom is -0.493 e. The highest BCUT2D eigenvalue weighted by Gasteiger charge is 2.37. The standard InChI is InChI=1S/C22H30O5/c23-20(24)13-19(21(25)26)17-6-8-18(9-7-17)27-15-16-5-4-12-22(14-16)10-2-1-3-11-22/h6-9,16,19H,1-5,10-15H2,(H,23,24)(H,25,26). The van der Waals surface area contributed by atoms with E-state index >= 15 is 0 Å². The van der Waals surface area contributed by atoms with Crippen molar-refractivity contribution in [2.75, 3.05) is 6.61 Å². The third-order valence-corrected chi connectivity index (χ3v) is 6.40. The lowest BCUT2D eigenvalue weighted by molar-refractivity contribution is -0.145. The number of carboxylic acid groups (broad SMARTS) is 2. The summed E-state index contributed by atoms with van der Waals surface area (Å²) in [7, 11) is 0. The maximum atomic E-state index is 11.3. The maximum Gasteiger partial charge on any atom is 0.311 e. The van der Waals surface area contributed by atoms with E-state index in [9.17, 15) is 14.7 Å². The van der Waals surface area contributed by atoms with Gasteiger partial charge < -0.3 is 14.9 Å². The van der Waals surface area contributed by atoms with Crippen molar-refractivity contribution in [2.24, 2.45) is 11.3 Å². The molecule has 5 heteroatoms. The number of aliphatic carboxylic acids is 2. The summed E-state index contributed by atoms with van der Waals surface area (Å²) < 4.78 is 5.99. The third-order valence-electron chi connectivity index (χ3n) is 6.40. The van der Waals surface area contributed by atoms with Crippen molar-refractivity contribution in [3.63, 3.8) is 0 Å². The Labute approximate surface area is 160 Å². The Morgan fingerprint density at radius 2 is 1.70 bits per heavy atom. The summed E-state index contributed by atoms with van der Waals surface area (Å²) in [6.45, 7) is 0.707. The fraction of sp³-hybridized carbons (Fsp3) is 0.636. The van der Waals surface area contributed by atoms with E-state index < -0.39 is 24.3 Å². The Morgan fingerprint density at radius 1 is 1.04 bits per heavy atom. The van der Waals surface area contributed by atoms with E-state index in [-0.39, 0.29) is 0 Å². The summed E-state index contributed by atoms with van der Waals surface area (Å²) >= 11 is 0. The Morgan fingerprint density at radius 3 is 2.33 bits per heavy atom. The van der Waals surface area contributed by atoms with E-state index in [0.29, 0.717) is 23.5 Å². The van der Waals surface area contributed by atoms with Crippen LogP contribution in [0.4, 0.5) is 0 Å². The smallest absolute Gasteiger partial charge is 0.311 e. The third kappa shape index (κ3) is 5.24. The normalized spacial score (nSPS) is 22.9. The van der Waals surface area contributed by atoms with Gasteiger partial charge in [-0.25, -0.2) is 0 Å². The lowest BCUT2D eigenvalue weighted by Crippen LogP contribution is -2.33. The molecule has 0 aromatic heterocycles. The van der Waals surface area contributed by atoms with Crippen LogP contribution in [0.25, 0.3) is 0 Å². The molecule has 0 saturated heterocycles. The van der Waals surface area contributed by atoms with Gasteiger partial charge in [-0.3, -0.25) is 9.59 Å². The topological polar surface area (TPSA) is 83.8 Å². The fourth-order valence-corrected chi connectivity index (χ4v) is 5.01. The SMILES string of the molecule is O=C(O)CC(C(=O)O)c1ccc(OCC2CCCC3(CCCCC3)C2)cc1. The molecule has 2 fully saturated rings. The highest BCUT2D eigenvalue weighted by molar-refractivity contribution is 5.82. The van der Waals surface area contributed by atoms with E-state index in [0.717, 1.165) is 5.75 Å². The molecule has 2 saturated carbocycles. The zero-order valence-corrected chi connectivity index (χ0v) is 15.9. The molecule has 2 N–H and O–H groups in total. The largest absolute Gasteiger partial charge is 0.493 e. The highest BCUT2D eigenvalue weighted by atomic mass is 16.5. The molecule has 0 heterocycles. The molecule has 2 atom stereocenters. The summed E-state index contributed by atoms with van der Waals surface area (Å²) in [5.74, 6) is -1.94. The van der Waals surface area contributed by atoms with E-state index in [1.54, 1.807) is 24.3 Å². The van der Waals surface area contributed by atoms with Gasteiger partial charge in [0.2, 0.25) is 0 Å². The molecule has 2 aliphatic carbocycles. The summed E-state index contributed by atoms with van der Waals surface area (Å²) in [5.41, 5.74) is 1.05. The summed E-state index contributed by atoms with van der Waals surface area (Å²) in [5, 5.41) is 18.1. The number of hydrogen-bond acceptors (Lipinski definition) is 3. The van der Waals surface area contributed by atoms with Crippen LogP contribution in [0, 0.1) is 11.3 Å². The van der Waals surface area contributed by atoms with Crippen molar-refractivity contribution < 1.29 is 24.5 Å². The summed E-state index contributed by atoms with van der Waals surface area (Å²) in [6, 6.07) is 6.85. The molecule has 5 nitrogen and oxygen atoms in total. The number of benzene rings is 1. The highest BCUT2D eigenvalue weighted by Crippen LogP contribution is 2.49. The molecule has 0 amide bonds. The monoisotopic (exact) mass is 374 g/mol. The average molecular weight is 374 g/mol. The van der Waals surface area contributed by atoms with Crippen LogP contribution in [0.15, 0.2) is 24.3 Å². The zero-order valence-electron chi connectivity index (χ0n) is 15.9. The first kappa shape index (κ1) is 19.7. The van der Waals surface area contributed by atoms with Gasteiger partial charge in [0.05, 0.1) is 18.9 Å². The van der Waals surface area contributed by atoms with Crippen LogP contribution in [0.3, 0.4) is 0 Å². The van der Waals surface area contributed by atoms with Crippen molar-refractivity contribution in [1.82, 2.24) is 0 Å². The van der Waals surface area contributed by atoms with Crippen molar-refractivity contribution >= 4 is 11.9 Å². The maximum absolute atomic E-state index is 11.3. The van der Waals surface area contributed by atoms with E-state index in [1.165, 1.54) is 57.8 Å². The Balaban J connectivity index is 1.55. The van der Waals surface area contributed by atoms with E-state index in [2.05, 4.69) is 0 Å². The second-order valence-electron chi connectivity index (χ2n) is 8.39. The number of carboxylic acids is 2. The first-order valence-corrected chi connectivity index (χ1v) is 10.1. The lowest BCUT2D eigenvalue weighted by Gasteiger charge is -2.43.